The summed E-state index contributed by atoms with van der Waals surface area (Å²) in [7, 11) is 0. The second kappa shape index (κ2) is 6.20. The molecule has 0 amide bonds. The van der Waals surface area contributed by atoms with E-state index >= 15 is 0 Å². The molecule has 0 atom stereocenters. The van der Waals surface area contributed by atoms with Crippen molar-refractivity contribution >= 4 is 17.4 Å². The van der Waals surface area contributed by atoms with Gasteiger partial charge in [0.15, 0.2) is 5.78 Å². The molecule has 1 fully saturated rings. The monoisotopic (exact) mass is 299 g/mol. The van der Waals surface area contributed by atoms with Gasteiger partial charge in [0.05, 0.1) is 18.8 Å². The van der Waals surface area contributed by atoms with E-state index in [1.807, 2.05) is 13.8 Å². The minimum atomic E-state index is -0.643. The first-order chi connectivity index (χ1) is 9.43. The SMILES string of the molecule is CC(C)(C(=O)Cc1c(F)cccc1Cl)N1CCOCC1. The highest BCUT2D eigenvalue weighted by atomic mass is 35.5. The normalized spacial score (nSPS) is 17.2. The lowest BCUT2D eigenvalue weighted by molar-refractivity contribution is -0.131. The molecule has 2 rings (SSSR count). The van der Waals surface area contributed by atoms with Gasteiger partial charge in [0.1, 0.15) is 5.82 Å². The molecule has 0 bridgehead atoms. The third kappa shape index (κ3) is 3.19. The van der Waals surface area contributed by atoms with Crippen LogP contribution in [0.4, 0.5) is 4.39 Å². The van der Waals surface area contributed by atoms with Crippen molar-refractivity contribution in [2.45, 2.75) is 25.8 Å². The molecule has 5 heteroatoms. The Bertz CT molecular complexity index is 478. The Morgan fingerprint density at radius 2 is 2.05 bits per heavy atom. The van der Waals surface area contributed by atoms with Crippen LogP contribution in [0.25, 0.3) is 0 Å². The van der Waals surface area contributed by atoms with Crippen molar-refractivity contribution < 1.29 is 13.9 Å². The van der Waals surface area contributed by atoms with Crippen LogP contribution in [0.1, 0.15) is 19.4 Å². The number of carbonyl (C=O) groups excluding carboxylic acids is 1. The van der Waals surface area contributed by atoms with E-state index in [1.165, 1.54) is 6.07 Å². The number of ether oxygens (including phenoxy) is 1. The average Bonchev–Trinajstić information content (AvgIpc) is 2.43. The number of benzene rings is 1. The lowest BCUT2D eigenvalue weighted by Crippen LogP contribution is -2.54. The van der Waals surface area contributed by atoms with Crippen molar-refractivity contribution in [3.8, 4) is 0 Å². The predicted octanol–water partition coefficient (Wildman–Crippen LogP) is 2.70. The second-order valence-electron chi connectivity index (χ2n) is 5.46. The molecule has 1 aromatic rings. The quantitative estimate of drug-likeness (QED) is 0.856. The van der Waals surface area contributed by atoms with Gasteiger partial charge in [-0.25, -0.2) is 4.39 Å². The Kier molecular flexibility index (Phi) is 4.78. The molecule has 0 radical (unpaired) electrons. The van der Waals surface area contributed by atoms with Crippen molar-refractivity contribution in [1.82, 2.24) is 4.90 Å². The summed E-state index contributed by atoms with van der Waals surface area (Å²) in [6.07, 6.45) is 0.00979. The van der Waals surface area contributed by atoms with Crippen LogP contribution >= 0.6 is 11.6 Å². The van der Waals surface area contributed by atoms with Crippen LogP contribution in [0.15, 0.2) is 18.2 Å². The number of rotatable bonds is 4. The van der Waals surface area contributed by atoms with E-state index < -0.39 is 11.4 Å². The van der Waals surface area contributed by atoms with Crippen molar-refractivity contribution in [1.29, 1.82) is 0 Å². The maximum atomic E-state index is 13.8. The van der Waals surface area contributed by atoms with Crippen molar-refractivity contribution in [3.05, 3.63) is 34.6 Å². The van der Waals surface area contributed by atoms with Gasteiger partial charge in [0.25, 0.3) is 0 Å². The molecule has 1 saturated heterocycles. The van der Waals surface area contributed by atoms with E-state index in [4.69, 9.17) is 16.3 Å². The first-order valence-electron chi connectivity index (χ1n) is 6.72. The number of morpholine rings is 1. The third-order valence-electron chi connectivity index (χ3n) is 3.88. The van der Waals surface area contributed by atoms with Crippen LogP contribution < -0.4 is 0 Å². The Morgan fingerprint density at radius 1 is 1.40 bits per heavy atom. The molecule has 1 heterocycles. The summed E-state index contributed by atoms with van der Waals surface area (Å²) in [5.74, 6) is -0.463. The fourth-order valence-electron chi connectivity index (χ4n) is 2.38. The summed E-state index contributed by atoms with van der Waals surface area (Å²) in [6.45, 7) is 6.41. The van der Waals surface area contributed by atoms with E-state index in [0.29, 0.717) is 31.3 Å². The maximum Gasteiger partial charge on any atom is 0.157 e. The average molecular weight is 300 g/mol. The predicted molar refractivity (Wildman–Crippen MR) is 76.6 cm³/mol. The molecule has 1 aliphatic heterocycles. The van der Waals surface area contributed by atoms with Gasteiger partial charge in [0.2, 0.25) is 0 Å². The fourth-order valence-corrected chi connectivity index (χ4v) is 2.61. The van der Waals surface area contributed by atoms with Gasteiger partial charge >= 0.3 is 0 Å². The molecule has 1 aromatic carbocycles. The number of halogens is 2. The molecule has 0 aromatic heterocycles. The number of hydrogen-bond donors (Lipinski definition) is 0. The highest BCUT2D eigenvalue weighted by molar-refractivity contribution is 6.31. The Labute approximate surface area is 123 Å². The summed E-state index contributed by atoms with van der Waals surface area (Å²) < 4.78 is 19.1. The molecular weight excluding hydrogens is 281 g/mol. The van der Waals surface area contributed by atoms with E-state index in [2.05, 4.69) is 4.90 Å². The number of Topliss-reactive ketones (excluding diaryl/α,β-unsaturated/α-hetero) is 1. The highest BCUT2D eigenvalue weighted by Crippen LogP contribution is 2.24. The largest absolute Gasteiger partial charge is 0.379 e. The van der Waals surface area contributed by atoms with Crippen LogP contribution in [-0.2, 0) is 16.0 Å². The van der Waals surface area contributed by atoms with E-state index in [1.54, 1.807) is 12.1 Å². The Hall–Kier alpha value is -0.970. The second-order valence-corrected chi connectivity index (χ2v) is 5.87. The number of nitrogens with zero attached hydrogens (tertiary/aromatic N) is 1. The van der Waals surface area contributed by atoms with Crippen LogP contribution in [0.2, 0.25) is 5.02 Å². The molecule has 0 N–H and O–H groups in total. The number of carbonyl (C=O) groups is 1. The smallest absolute Gasteiger partial charge is 0.157 e. The summed E-state index contributed by atoms with van der Waals surface area (Å²) >= 11 is 5.98. The van der Waals surface area contributed by atoms with Crippen molar-refractivity contribution in [3.63, 3.8) is 0 Å². The van der Waals surface area contributed by atoms with Crippen LogP contribution in [0.3, 0.4) is 0 Å². The van der Waals surface area contributed by atoms with Crippen LogP contribution in [0, 0.1) is 5.82 Å². The topological polar surface area (TPSA) is 29.5 Å². The van der Waals surface area contributed by atoms with E-state index in [0.717, 1.165) is 0 Å². The van der Waals surface area contributed by atoms with Gasteiger partial charge in [-0.3, -0.25) is 9.69 Å². The first-order valence-corrected chi connectivity index (χ1v) is 7.09. The molecule has 3 nitrogen and oxygen atoms in total. The van der Waals surface area contributed by atoms with E-state index in [-0.39, 0.29) is 17.8 Å². The zero-order valence-electron chi connectivity index (χ0n) is 11.8. The first kappa shape index (κ1) is 15.4. The Morgan fingerprint density at radius 3 is 2.65 bits per heavy atom. The van der Waals surface area contributed by atoms with Gasteiger partial charge in [-0.05, 0) is 26.0 Å². The lowest BCUT2D eigenvalue weighted by atomic mass is 9.91. The summed E-state index contributed by atoms with van der Waals surface area (Å²) in [4.78, 5) is 14.6. The zero-order chi connectivity index (χ0) is 14.8. The summed E-state index contributed by atoms with van der Waals surface area (Å²) in [5, 5.41) is 0.302. The third-order valence-corrected chi connectivity index (χ3v) is 4.24. The highest BCUT2D eigenvalue weighted by Gasteiger charge is 2.35. The molecular formula is C15H19ClFNO2. The van der Waals surface area contributed by atoms with Crippen molar-refractivity contribution in [2.24, 2.45) is 0 Å². The molecule has 1 aliphatic rings. The molecule has 0 unspecified atom stereocenters. The fraction of sp³-hybridized carbons (Fsp3) is 0.533. The standard InChI is InChI=1S/C15H19ClFNO2/c1-15(2,18-6-8-20-9-7-18)14(19)10-11-12(16)4-3-5-13(11)17/h3-5H,6-10H2,1-2H3. The Balaban J connectivity index is 2.14. The zero-order valence-corrected chi connectivity index (χ0v) is 12.5. The van der Waals surface area contributed by atoms with Gasteiger partial charge in [-0.15, -0.1) is 0 Å². The minimum Gasteiger partial charge on any atom is -0.379 e. The van der Waals surface area contributed by atoms with E-state index in [9.17, 15) is 9.18 Å². The number of hydrogen-bond acceptors (Lipinski definition) is 3. The summed E-state index contributed by atoms with van der Waals surface area (Å²) in [6, 6.07) is 4.48. The van der Waals surface area contributed by atoms with Crippen molar-refractivity contribution in [2.75, 3.05) is 26.3 Å². The van der Waals surface area contributed by atoms with Gasteiger partial charge in [-0.2, -0.15) is 0 Å². The van der Waals surface area contributed by atoms with Crippen LogP contribution in [0.5, 0.6) is 0 Å². The van der Waals surface area contributed by atoms with Gasteiger partial charge in [0, 0.05) is 30.1 Å². The summed E-state index contributed by atoms with van der Waals surface area (Å²) in [5.41, 5.74) is -0.365. The number of ketones is 1. The molecule has 0 aliphatic carbocycles. The van der Waals surface area contributed by atoms with Gasteiger partial charge < -0.3 is 4.74 Å². The minimum absolute atomic E-state index is 0.00979. The van der Waals surface area contributed by atoms with Gasteiger partial charge in [-0.1, -0.05) is 17.7 Å². The molecule has 0 saturated carbocycles. The molecule has 0 spiro atoms. The molecule has 110 valence electrons. The maximum absolute atomic E-state index is 13.8. The lowest BCUT2D eigenvalue weighted by Gasteiger charge is -2.39. The molecule has 20 heavy (non-hydrogen) atoms. The van der Waals surface area contributed by atoms with Crippen LogP contribution in [-0.4, -0.2) is 42.5 Å².